The summed E-state index contributed by atoms with van der Waals surface area (Å²) in [6, 6.07) is 2.63. The second kappa shape index (κ2) is 5.30. The number of benzene rings is 1. The van der Waals surface area contributed by atoms with Crippen LogP contribution < -0.4 is 0 Å². The highest BCUT2D eigenvalue weighted by atomic mass is 32.2. The Kier molecular flexibility index (Phi) is 4.37. The van der Waals surface area contributed by atoms with Crippen LogP contribution in [0.2, 0.25) is 0 Å². The Hall–Kier alpha value is -1.40. The van der Waals surface area contributed by atoms with Crippen molar-refractivity contribution in [1.29, 1.82) is 0 Å². The molecule has 106 valence electrons. The number of nitrogens with zero attached hydrogens (tertiary/aromatic N) is 1. The predicted molar refractivity (Wildman–Crippen MR) is 73.0 cm³/mol. The molecular formula is C13H19NO4S. The molecule has 0 saturated heterocycles. The van der Waals surface area contributed by atoms with E-state index in [2.05, 4.69) is 0 Å². The summed E-state index contributed by atoms with van der Waals surface area (Å²) in [6.07, 6.45) is 0. The average molecular weight is 285 g/mol. The van der Waals surface area contributed by atoms with Crippen LogP contribution in [0.25, 0.3) is 0 Å². The first-order chi connectivity index (χ1) is 8.59. The molecule has 0 bridgehead atoms. The van der Waals surface area contributed by atoms with Crippen molar-refractivity contribution in [2.75, 3.05) is 7.05 Å². The van der Waals surface area contributed by atoms with E-state index >= 15 is 0 Å². The van der Waals surface area contributed by atoms with Gasteiger partial charge in [0.05, 0.1) is 10.5 Å². The molecule has 0 atom stereocenters. The molecule has 1 aromatic rings. The highest BCUT2D eigenvalue weighted by Gasteiger charge is 2.26. The number of sulfonamides is 1. The first kappa shape index (κ1) is 15.7. The van der Waals surface area contributed by atoms with E-state index in [-0.39, 0.29) is 16.5 Å². The molecule has 6 heteroatoms. The Balaban J connectivity index is 3.52. The summed E-state index contributed by atoms with van der Waals surface area (Å²) in [5, 5.41) is 9.09. The lowest BCUT2D eigenvalue weighted by molar-refractivity contribution is 0.0696. The van der Waals surface area contributed by atoms with Crippen molar-refractivity contribution in [3.8, 4) is 0 Å². The quantitative estimate of drug-likeness (QED) is 0.918. The number of hydrogen-bond acceptors (Lipinski definition) is 3. The maximum absolute atomic E-state index is 12.4. The van der Waals surface area contributed by atoms with Gasteiger partial charge in [-0.05, 0) is 44.9 Å². The van der Waals surface area contributed by atoms with Crippen molar-refractivity contribution in [2.24, 2.45) is 0 Å². The van der Waals surface area contributed by atoms with Crippen LogP contribution in [0, 0.1) is 13.8 Å². The SMILES string of the molecule is Cc1cc(C)c(S(=O)(=O)N(C)C(C)C)cc1C(=O)O. The van der Waals surface area contributed by atoms with Gasteiger partial charge in [-0.1, -0.05) is 6.07 Å². The van der Waals surface area contributed by atoms with Gasteiger partial charge in [0, 0.05) is 13.1 Å². The third kappa shape index (κ3) is 2.96. The van der Waals surface area contributed by atoms with E-state index in [1.807, 2.05) is 0 Å². The zero-order valence-electron chi connectivity index (χ0n) is 11.8. The van der Waals surface area contributed by atoms with Crippen molar-refractivity contribution >= 4 is 16.0 Å². The molecule has 1 aromatic carbocycles. The number of hydrogen-bond donors (Lipinski definition) is 1. The summed E-state index contributed by atoms with van der Waals surface area (Å²) in [6.45, 7) is 6.84. The molecule has 0 aliphatic rings. The van der Waals surface area contributed by atoms with Gasteiger partial charge in [0.15, 0.2) is 0 Å². The summed E-state index contributed by atoms with van der Waals surface area (Å²) in [5.74, 6) is -1.12. The van der Waals surface area contributed by atoms with Crippen LogP contribution in [0.3, 0.4) is 0 Å². The zero-order chi connectivity index (χ0) is 15.0. The van der Waals surface area contributed by atoms with Gasteiger partial charge in [-0.15, -0.1) is 0 Å². The maximum Gasteiger partial charge on any atom is 0.335 e. The number of aryl methyl sites for hydroxylation is 2. The van der Waals surface area contributed by atoms with Crippen LogP contribution in [-0.2, 0) is 10.0 Å². The van der Waals surface area contributed by atoms with E-state index in [1.165, 1.54) is 17.4 Å². The molecule has 0 spiro atoms. The normalized spacial score (nSPS) is 12.2. The molecule has 0 heterocycles. The van der Waals surface area contributed by atoms with Gasteiger partial charge < -0.3 is 5.11 Å². The van der Waals surface area contributed by atoms with Crippen molar-refractivity contribution in [3.63, 3.8) is 0 Å². The molecule has 0 aliphatic heterocycles. The van der Waals surface area contributed by atoms with Gasteiger partial charge in [-0.2, -0.15) is 4.31 Å². The molecule has 0 aromatic heterocycles. The minimum Gasteiger partial charge on any atom is -0.478 e. The monoisotopic (exact) mass is 285 g/mol. The van der Waals surface area contributed by atoms with E-state index in [0.717, 1.165) is 0 Å². The van der Waals surface area contributed by atoms with Gasteiger partial charge in [0.1, 0.15) is 0 Å². The van der Waals surface area contributed by atoms with Crippen LogP contribution in [-0.4, -0.2) is 36.9 Å². The number of aromatic carboxylic acids is 1. The van der Waals surface area contributed by atoms with Crippen LogP contribution >= 0.6 is 0 Å². The minimum atomic E-state index is -3.67. The van der Waals surface area contributed by atoms with Gasteiger partial charge in [-0.3, -0.25) is 0 Å². The lowest BCUT2D eigenvalue weighted by atomic mass is 10.1. The summed E-state index contributed by atoms with van der Waals surface area (Å²) >= 11 is 0. The fourth-order valence-electron chi connectivity index (χ4n) is 1.77. The fourth-order valence-corrected chi connectivity index (χ4v) is 3.37. The number of carbonyl (C=O) groups is 1. The Morgan fingerprint density at radius 2 is 1.74 bits per heavy atom. The molecule has 0 amide bonds. The summed E-state index contributed by atoms with van der Waals surface area (Å²) in [5.41, 5.74) is 1.12. The van der Waals surface area contributed by atoms with Crippen molar-refractivity contribution in [3.05, 3.63) is 28.8 Å². The molecule has 1 N–H and O–H groups in total. The highest BCUT2D eigenvalue weighted by Crippen LogP contribution is 2.24. The zero-order valence-corrected chi connectivity index (χ0v) is 12.6. The van der Waals surface area contributed by atoms with Crippen molar-refractivity contribution in [2.45, 2.75) is 38.6 Å². The largest absolute Gasteiger partial charge is 0.478 e. The van der Waals surface area contributed by atoms with Gasteiger partial charge >= 0.3 is 5.97 Å². The van der Waals surface area contributed by atoms with Crippen molar-refractivity contribution < 1.29 is 18.3 Å². The first-order valence-corrected chi connectivity index (χ1v) is 7.35. The van der Waals surface area contributed by atoms with Crippen LogP contribution in [0.5, 0.6) is 0 Å². The summed E-state index contributed by atoms with van der Waals surface area (Å²) < 4.78 is 26.1. The Bertz CT molecular complexity index is 605. The molecule has 1 rings (SSSR count). The van der Waals surface area contributed by atoms with Gasteiger partial charge in [0.25, 0.3) is 0 Å². The van der Waals surface area contributed by atoms with Crippen LogP contribution in [0.15, 0.2) is 17.0 Å². The van der Waals surface area contributed by atoms with Gasteiger partial charge in [-0.25, -0.2) is 13.2 Å². The fraction of sp³-hybridized carbons (Fsp3) is 0.462. The molecule has 5 nitrogen and oxygen atoms in total. The third-order valence-corrected chi connectivity index (χ3v) is 5.31. The van der Waals surface area contributed by atoms with E-state index in [9.17, 15) is 13.2 Å². The predicted octanol–water partition coefficient (Wildman–Crippen LogP) is 2.03. The third-order valence-electron chi connectivity index (χ3n) is 3.14. The van der Waals surface area contributed by atoms with Crippen LogP contribution in [0.1, 0.15) is 35.3 Å². The van der Waals surface area contributed by atoms with Gasteiger partial charge in [0.2, 0.25) is 10.0 Å². The molecule has 0 aliphatic carbocycles. The standard InChI is InChI=1S/C13H19NO4S/c1-8(2)14(5)19(17,18)12-7-11(13(15)16)9(3)6-10(12)4/h6-8H,1-5H3,(H,15,16). The molecule has 19 heavy (non-hydrogen) atoms. The average Bonchev–Trinajstić information content (AvgIpc) is 2.26. The molecule has 0 radical (unpaired) electrons. The highest BCUT2D eigenvalue weighted by molar-refractivity contribution is 7.89. The maximum atomic E-state index is 12.4. The van der Waals surface area contributed by atoms with Crippen LogP contribution in [0.4, 0.5) is 0 Å². The molecule has 0 saturated carbocycles. The smallest absolute Gasteiger partial charge is 0.335 e. The molecule has 0 unspecified atom stereocenters. The first-order valence-electron chi connectivity index (χ1n) is 5.91. The van der Waals surface area contributed by atoms with E-state index in [0.29, 0.717) is 11.1 Å². The van der Waals surface area contributed by atoms with E-state index in [4.69, 9.17) is 5.11 Å². The van der Waals surface area contributed by atoms with Crippen molar-refractivity contribution in [1.82, 2.24) is 4.31 Å². The summed E-state index contributed by atoms with van der Waals surface area (Å²) in [4.78, 5) is 11.2. The lowest BCUT2D eigenvalue weighted by Gasteiger charge is -2.22. The second-order valence-corrected chi connectivity index (χ2v) is 6.82. The Labute approximate surface area is 113 Å². The molecular weight excluding hydrogens is 266 g/mol. The number of rotatable bonds is 4. The Morgan fingerprint density at radius 1 is 1.21 bits per heavy atom. The Morgan fingerprint density at radius 3 is 2.16 bits per heavy atom. The van der Waals surface area contributed by atoms with E-state index < -0.39 is 16.0 Å². The van der Waals surface area contributed by atoms with E-state index in [1.54, 1.807) is 33.8 Å². The minimum absolute atomic E-state index is 0.0151. The number of carboxylic acid groups (broad SMARTS) is 1. The summed E-state index contributed by atoms with van der Waals surface area (Å²) in [7, 11) is -2.19. The lowest BCUT2D eigenvalue weighted by Crippen LogP contribution is -2.33. The topological polar surface area (TPSA) is 74.7 Å². The second-order valence-electron chi connectivity index (χ2n) is 4.85. The number of carboxylic acids is 1. The molecule has 0 fully saturated rings.